The molecule has 1 heterocycles. The Kier molecular flexibility index (Phi) is 7.89. The summed E-state index contributed by atoms with van der Waals surface area (Å²) in [5.41, 5.74) is 3.23. The largest absolute Gasteiger partial charge is 0.495 e. The molecule has 0 spiro atoms. The Hall–Kier alpha value is -3.37. The maximum absolute atomic E-state index is 13.8. The Bertz CT molecular complexity index is 1430. The molecule has 10 heteroatoms. The second-order valence-electron chi connectivity index (χ2n) is 8.95. The molecule has 0 unspecified atom stereocenters. The molecular formula is C27H30N2O6S2. The number of benzene rings is 2. The van der Waals surface area contributed by atoms with Gasteiger partial charge in [0.05, 0.1) is 30.4 Å². The molecule has 1 N–H and O–H groups in total. The predicted octanol–water partition coefficient (Wildman–Crippen LogP) is 4.87. The van der Waals surface area contributed by atoms with Crippen molar-refractivity contribution in [2.45, 2.75) is 44.4 Å². The molecule has 0 radical (unpaired) electrons. The van der Waals surface area contributed by atoms with Crippen LogP contribution in [0.2, 0.25) is 0 Å². The maximum Gasteiger partial charge on any atom is 0.341 e. The Labute approximate surface area is 221 Å². The quantitative estimate of drug-likeness (QED) is 0.408. The Morgan fingerprint density at radius 3 is 2.35 bits per heavy atom. The molecule has 4 rings (SSSR count). The zero-order chi connectivity index (χ0) is 26.7. The standard InChI is InChI=1S/C27H30N2O6S2/c1-17-9-12-19(13-10-17)37(32,33)29(21-15-18(2)11-14-22(21)34-3)16-24(30)28-26-25(27(31)35-4)20-7-5-6-8-23(20)36-26/h9-15H,5-8,16H2,1-4H3,(H,28,30). The zero-order valence-corrected chi connectivity index (χ0v) is 22.9. The fourth-order valence-electron chi connectivity index (χ4n) is 4.40. The van der Waals surface area contributed by atoms with Crippen LogP contribution in [0.5, 0.6) is 5.75 Å². The number of nitrogens with one attached hydrogen (secondary N) is 1. The normalized spacial score (nSPS) is 13.0. The number of amides is 1. The van der Waals surface area contributed by atoms with Crippen LogP contribution in [0.3, 0.4) is 0 Å². The number of esters is 1. The Morgan fingerprint density at radius 2 is 1.68 bits per heavy atom. The highest BCUT2D eigenvalue weighted by atomic mass is 32.2. The van der Waals surface area contributed by atoms with Crippen LogP contribution in [0.4, 0.5) is 10.7 Å². The first-order chi connectivity index (χ1) is 17.6. The molecule has 0 atom stereocenters. The van der Waals surface area contributed by atoms with Crippen molar-refractivity contribution in [3.05, 3.63) is 69.6 Å². The van der Waals surface area contributed by atoms with E-state index in [4.69, 9.17) is 9.47 Å². The molecule has 0 saturated heterocycles. The molecule has 1 amide bonds. The van der Waals surface area contributed by atoms with Gasteiger partial charge in [-0.25, -0.2) is 13.2 Å². The fourth-order valence-corrected chi connectivity index (χ4v) is 7.12. The molecular weight excluding hydrogens is 512 g/mol. The van der Waals surface area contributed by atoms with E-state index in [-0.39, 0.29) is 10.6 Å². The molecule has 0 bridgehead atoms. The van der Waals surface area contributed by atoms with Crippen molar-refractivity contribution < 1.29 is 27.5 Å². The van der Waals surface area contributed by atoms with Gasteiger partial charge in [-0.1, -0.05) is 23.8 Å². The van der Waals surface area contributed by atoms with E-state index < -0.39 is 28.4 Å². The predicted molar refractivity (Wildman–Crippen MR) is 144 cm³/mol. The minimum atomic E-state index is -4.14. The highest BCUT2D eigenvalue weighted by Gasteiger charge is 2.31. The molecule has 37 heavy (non-hydrogen) atoms. The second kappa shape index (κ2) is 10.9. The van der Waals surface area contributed by atoms with Gasteiger partial charge in [-0.3, -0.25) is 9.10 Å². The van der Waals surface area contributed by atoms with E-state index in [0.717, 1.165) is 51.6 Å². The van der Waals surface area contributed by atoms with Crippen LogP contribution < -0.4 is 14.4 Å². The molecule has 2 aromatic carbocycles. The van der Waals surface area contributed by atoms with Crippen molar-refractivity contribution >= 4 is 43.9 Å². The number of hydrogen-bond acceptors (Lipinski definition) is 7. The van der Waals surface area contributed by atoms with Gasteiger partial charge in [0.25, 0.3) is 10.0 Å². The highest BCUT2D eigenvalue weighted by molar-refractivity contribution is 7.92. The van der Waals surface area contributed by atoms with E-state index in [1.807, 2.05) is 13.8 Å². The second-order valence-corrected chi connectivity index (χ2v) is 11.9. The number of anilines is 2. The molecule has 0 fully saturated rings. The average Bonchev–Trinajstić information content (AvgIpc) is 3.24. The number of rotatable bonds is 8. The van der Waals surface area contributed by atoms with Gasteiger partial charge >= 0.3 is 5.97 Å². The van der Waals surface area contributed by atoms with Crippen molar-refractivity contribution in [1.29, 1.82) is 0 Å². The van der Waals surface area contributed by atoms with Crippen LogP contribution in [0, 0.1) is 13.8 Å². The number of fused-ring (bicyclic) bond motifs is 1. The van der Waals surface area contributed by atoms with Crippen molar-refractivity contribution in [1.82, 2.24) is 0 Å². The van der Waals surface area contributed by atoms with E-state index in [0.29, 0.717) is 16.3 Å². The lowest BCUT2D eigenvalue weighted by Gasteiger charge is -2.26. The van der Waals surface area contributed by atoms with Gasteiger partial charge in [0.2, 0.25) is 5.91 Å². The molecule has 8 nitrogen and oxygen atoms in total. The van der Waals surface area contributed by atoms with Gasteiger partial charge in [-0.2, -0.15) is 0 Å². The van der Waals surface area contributed by atoms with Gasteiger partial charge in [0.1, 0.15) is 17.3 Å². The van der Waals surface area contributed by atoms with Crippen LogP contribution in [0.15, 0.2) is 47.4 Å². The number of sulfonamides is 1. The van der Waals surface area contributed by atoms with Crippen molar-refractivity contribution in [2.75, 3.05) is 30.4 Å². The number of methoxy groups -OCH3 is 2. The summed E-state index contributed by atoms with van der Waals surface area (Å²) in [5, 5.41) is 3.18. The van der Waals surface area contributed by atoms with Crippen molar-refractivity contribution in [3.8, 4) is 5.75 Å². The molecule has 1 aliphatic carbocycles. The average molecular weight is 543 g/mol. The third-order valence-corrected chi connectivity index (χ3v) is 9.29. The number of carbonyl (C=O) groups excluding carboxylic acids is 2. The SMILES string of the molecule is COC(=O)c1c(NC(=O)CN(c2cc(C)ccc2OC)S(=O)(=O)c2ccc(C)cc2)sc2c1CCCC2. The van der Waals surface area contributed by atoms with Crippen LogP contribution >= 0.6 is 11.3 Å². The number of aryl methyl sites for hydroxylation is 3. The van der Waals surface area contributed by atoms with E-state index in [1.54, 1.807) is 30.3 Å². The minimum absolute atomic E-state index is 0.0521. The summed E-state index contributed by atoms with van der Waals surface area (Å²) in [4.78, 5) is 27.1. The summed E-state index contributed by atoms with van der Waals surface area (Å²) in [6.45, 7) is 3.18. The molecule has 0 aliphatic heterocycles. The van der Waals surface area contributed by atoms with E-state index in [1.165, 1.54) is 37.7 Å². The smallest absolute Gasteiger partial charge is 0.341 e. The maximum atomic E-state index is 13.8. The molecule has 0 saturated carbocycles. The summed E-state index contributed by atoms with van der Waals surface area (Å²) in [5.74, 6) is -0.780. The molecule has 196 valence electrons. The van der Waals surface area contributed by atoms with E-state index >= 15 is 0 Å². The van der Waals surface area contributed by atoms with Crippen molar-refractivity contribution in [2.24, 2.45) is 0 Å². The summed E-state index contributed by atoms with van der Waals surface area (Å²) >= 11 is 1.35. The summed E-state index contributed by atoms with van der Waals surface area (Å²) in [7, 11) is -1.38. The lowest BCUT2D eigenvalue weighted by Crippen LogP contribution is -2.38. The van der Waals surface area contributed by atoms with E-state index in [9.17, 15) is 18.0 Å². The van der Waals surface area contributed by atoms with Gasteiger partial charge in [-0.05, 0) is 74.9 Å². The number of carbonyl (C=O) groups is 2. The lowest BCUT2D eigenvalue weighted by molar-refractivity contribution is -0.114. The summed E-state index contributed by atoms with van der Waals surface area (Å²) in [6.07, 6.45) is 3.53. The Balaban J connectivity index is 1.73. The summed E-state index contributed by atoms with van der Waals surface area (Å²) < 4.78 is 39.1. The monoisotopic (exact) mass is 542 g/mol. The topological polar surface area (TPSA) is 102 Å². The van der Waals surface area contributed by atoms with Crippen molar-refractivity contribution in [3.63, 3.8) is 0 Å². The first-order valence-corrected chi connectivity index (χ1v) is 14.2. The molecule has 1 aromatic heterocycles. The highest BCUT2D eigenvalue weighted by Crippen LogP contribution is 2.39. The third kappa shape index (κ3) is 5.50. The first kappa shape index (κ1) is 26.7. The van der Waals surface area contributed by atoms with Crippen LogP contribution in [0.25, 0.3) is 0 Å². The van der Waals surface area contributed by atoms with Crippen LogP contribution in [-0.4, -0.2) is 41.1 Å². The van der Waals surface area contributed by atoms with E-state index in [2.05, 4.69) is 5.32 Å². The van der Waals surface area contributed by atoms with Gasteiger partial charge < -0.3 is 14.8 Å². The fraction of sp³-hybridized carbons (Fsp3) is 0.333. The lowest BCUT2D eigenvalue weighted by atomic mass is 9.95. The van der Waals surface area contributed by atoms with Gasteiger partial charge in [0.15, 0.2) is 0 Å². The zero-order valence-electron chi connectivity index (χ0n) is 21.3. The van der Waals surface area contributed by atoms with Gasteiger partial charge in [0, 0.05) is 4.88 Å². The van der Waals surface area contributed by atoms with Gasteiger partial charge in [-0.15, -0.1) is 11.3 Å². The number of thiophene rings is 1. The molecule has 3 aromatic rings. The molecule has 1 aliphatic rings. The third-order valence-electron chi connectivity index (χ3n) is 6.31. The summed E-state index contributed by atoms with van der Waals surface area (Å²) in [6, 6.07) is 11.6. The van der Waals surface area contributed by atoms with Crippen LogP contribution in [-0.2, 0) is 32.4 Å². The Morgan fingerprint density at radius 1 is 1.00 bits per heavy atom. The number of nitrogens with zero attached hydrogens (tertiary/aromatic N) is 1. The first-order valence-electron chi connectivity index (χ1n) is 11.9. The number of hydrogen-bond donors (Lipinski definition) is 1. The number of ether oxygens (including phenoxy) is 2. The minimum Gasteiger partial charge on any atom is -0.495 e. The van der Waals surface area contributed by atoms with Crippen LogP contribution in [0.1, 0.15) is 44.8 Å².